The highest BCUT2D eigenvalue weighted by molar-refractivity contribution is 7.89. The molecule has 10 heteroatoms. The molecule has 104 valence electrons. The minimum absolute atomic E-state index is 0.00417. The van der Waals surface area contributed by atoms with Gasteiger partial charge in [-0.25, -0.2) is 13.6 Å². The Labute approximate surface area is 108 Å². The average Bonchev–Trinajstić information content (AvgIpc) is 2.54. The number of primary sulfonamides is 1. The third-order valence-corrected chi connectivity index (χ3v) is 3.58. The molecule has 0 radical (unpaired) electrons. The smallest absolute Gasteiger partial charge is 0.256 e. The van der Waals surface area contributed by atoms with E-state index in [0.29, 0.717) is 0 Å². The maximum Gasteiger partial charge on any atom is 0.256 e. The number of nitrogens with one attached hydrogen (secondary N) is 1. The van der Waals surface area contributed by atoms with E-state index in [1.54, 1.807) is 0 Å². The van der Waals surface area contributed by atoms with Gasteiger partial charge < -0.3 is 5.11 Å². The normalized spacial score (nSPS) is 19.9. The Bertz CT molecular complexity index is 667. The van der Waals surface area contributed by atoms with Crippen molar-refractivity contribution in [3.05, 3.63) is 16.4 Å². The second-order valence-corrected chi connectivity index (χ2v) is 5.99. The topological polar surface area (TPSA) is 146 Å². The molecule has 19 heavy (non-hydrogen) atoms. The predicted molar refractivity (Wildman–Crippen MR) is 65.0 cm³/mol. The number of carbonyl (C=O) groups is 1. The molecule has 0 aliphatic carbocycles. The van der Waals surface area contributed by atoms with Crippen LogP contribution in [0.15, 0.2) is 10.9 Å². The van der Waals surface area contributed by atoms with Crippen LogP contribution in [0.3, 0.4) is 0 Å². The molecular weight excluding hydrogens is 276 g/mol. The van der Waals surface area contributed by atoms with E-state index >= 15 is 0 Å². The first-order valence-corrected chi connectivity index (χ1v) is 7.07. The first kappa shape index (κ1) is 13.5. The fourth-order valence-corrected chi connectivity index (χ4v) is 2.87. The zero-order valence-corrected chi connectivity index (χ0v) is 10.6. The van der Waals surface area contributed by atoms with E-state index in [2.05, 4.69) is 9.97 Å². The molecule has 0 spiro atoms. The minimum Gasteiger partial charge on any atom is -0.493 e. The van der Waals surface area contributed by atoms with E-state index in [9.17, 15) is 23.1 Å². The molecule has 1 saturated heterocycles. The molecule has 2 rings (SSSR count). The fourth-order valence-electron chi connectivity index (χ4n) is 1.99. The summed E-state index contributed by atoms with van der Waals surface area (Å²) in [6.07, 6.45) is -0.00417. The maximum absolute atomic E-state index is 11.7. The van der Waals surface area contributed by atoms with Crippen LogP contribution in [0, 0.1) is 5.92 Å². The number of nitrogens with two attached hydrogens (primary N) is 1. The molecule has 1 fully saturated rings. The molecule has 1 unspecified atom stereocenters. The van der Waals surface area contributed by atoms with Gasteiger partial charge in [-0.15, -0.1) is 0 Å². The lowest BCUT2D eigenvalue weighted by Gasteiger charge is -2.14. The SMILES string of the molecule is NS(=O)(=O)CC1CC(=O)N(c2nc(O)cc(=O)[nH]2)C1. The second-order valence-electron chi connectivity index (χ2n) is 4.33. The molecule has 1 atom stereocenters. The molecule has 0 aromatic carbocycles. The monoisotopic (exact) mass is 288 g/mol. The second kappa shape index (κ2) is 4.63. The van der Waals surface area contributed by atoms with Crippen molar-refractivity contribution < 1.29 is 18.3 Å². The molecular formula is C9H12N4O5S. The maximum atomic E-state index is 11.7. The van der Waals surface area contributed by atoms with Crippen LogP contribution < -0.4 is 15.6 Å². The standard InChI is InChI=1S/C9H12N4O5S/c10-19(17,18)4-5-1-8(16)13(3-5)9-11-6(14)2-7(15)12-9/h2,5H,1,3-4H2,(H2,10,17,18)(H2,11,12,14,15). The number of aromatic amines is 1. The van der Waals surface area contributed by atoms with E-state index < -0.39 is 27.4 Å². The number of anilines is 1. The summed E-state index contributed by atoms with van der Waals surface area (Å²) in [6.45, 7) is 0.0711. The van der Waals surface area contributed by atoms with Crippen molar-refractivity contribution in [3.63, 3.8) is 0 Å². The van der Waals surface area contributed by atoms with E-state index in [1.165, 1.54) is 0 Å². The molecule has 2 heterocycles. The van der Waals surface area contributed by atoms with Crippen LogP contribution >= 0.6 is 0 Å². The van der Waals surface area contributed by atoms with Gasteiger partial charge in [0.25, 0.3) is 5.56 Å². The van der Waals surface area contributed by atoms with Gasteiger partial charge in [0.05, 0.1) is 11.8 Å². The van der Waals surface area contributed by atoms with Gasteiger partial charge >= 0.3 is 0 Å². The Morgan fingerprint density at radius 2 is 2.21 bits per heavy atom. The van der Waals surface area contributed by atoms with Crippen LogP contribution in [0.25, 0.3) is 0 Å². The Balaban J connectivity index is 2.22. The molecule has 1 aliphatic heterocycles. The van der Waals surface area contributed by atoms with Crippen molar-refractivity contribution >= 4 is 21.9 Å². The number of carbonyl (C=O) groups excluding carboxylic acids is 1. The predicted octanol–water partition coefficient (Wildman–Crippen LogP) is -1.88. The lowest BCUT2D eigenvalue weighted by atomic mass is 10.1. The summed E-state index contributed by atoms with van der Waals surface area (Å²) >= 11 is 0. The highest BCUT2D eigenvalue weighted by Gasteiger charge is 2.34. The Morgan fingerprint density at radius 3 is 2.79 bits per heavy atom. The summed E-state index contributed by atoms with van der Waals surface area (Å²) in [6, 6.07) is 0.867. The van der Waals surface area contributed by atoms with Gasteiger partial charge in [-0.3, -0.25) is 19.5 Å². The van der Waals surface area contributed by atoms with Crippen molar-refractivity contribution in [2.45, 2.75) is 6.42 Å². The van der Waals surface area contributed by atoms with Crippen LogP contribution in [0.2, 0.25) is 0 Å². The zero-order valence-electron chi connectivity index (χ0n) is 9.74. The van der Waals surface area contributed by atoms with Gasteiger partial charge in [0, 0.05) is 18.9 Å². The zero-order chi connectivity index (χ0) is 14.2. The van der Waals surface area contributed by atoms with Crippen molar-refractivity contribution in [2.24, 2.45) is 11.1 Å². The number of sulfonamides is 1. The van der Waals surface area contributed by atoms with E-state index in [0.717, 1.165) is 11.0 Å². The molecule has 1 aliphatic rings. The van der Waals surface area contributed by atoms with Crippen LogP contribution in [0.5, 0.6) is 5.88 Å². The van der Waals surface area contributed by atoms with E-state index in [-0.39, 0.29) is 30.6 Å². The fraction of sp³-hybridized carbons (Fsp3) is 0.444. The number of nitrogens with zero attached hydrogens (tertiary/aromatic N) is 2. The van der Waals surface area contributed by atoms with Crippen molar-refractivity contribution in [1.82, 2.24) is 9.97 Å². The molecule has 1 aromatic heterocycles. The van der Waals surface area contributed by atoms with Crippen molar-refractivity contribution in [2.75, 3.05) is 17.2 Å². The van der Waals surface area contributed by atoms with Crippen molar-refractivity contribution in [1.29, 1.82) is 0 Å². The first-order valence-electron chi connectivity index (χ1n) is 5.36. The molecule has 9 nitrogen and oxygen atoms in total. The van der Waals surface area contributed by atoms with Gasteiger partial charge in [0.2, 0.25) is 27.8 Å². The number of hydrogen-bond acceptors (Lipinski definition) is 6. The number of aromatic nitrogens is 2. The van der Waals surface area contributed by atoms with Gasteiger partial charge in [0.1, 0.15) is 0 Å². The van der Waals surface area contributed by atoms with Gasteiger partial charge in [-0.05, 0) is 0 Å². The third-order valence-electron chi connectivity index (χ3n) is 2.64. The summed E-state index contributed by atoms with van der Waals surface area (Å²) in [7, 11) is -3.67. The van der Waals surface area contributed by atoms with E-state index in [4.69, 9.17) is 5.14 Å². The lowest BCUT2D eigenvalue weighted by Crippen LogP contribution is -2.30. The van der Waals surface area contributed by atoms with Crippen LogP contribution in [0.4, 0.5) is 5.95 Å². The summed E-state index contributed by atoms with van der Waals surface area (Å²) in [5, 5.41) is 14.1. The minimum atomic E-state index is -3.67. The van der Waals surface area contributed by atoms with Crippen LogP contribution in [0.1, 0.15) is 6.42 Å². The molecule has 1 amide bonds. The highest BCUT2D eigenvalue weighted by Crippen LogP contribution is 2.23. The van der Waals surface area contributed by atoms with Gasteiger partial charge in [-0.1, -0.05) is 0 Å². The number of rotatable bonds is 3. The summed E-state index contributed by atoms with van der Waals surface area (Å²) < 4.78 is 22.0. The molecule has 4 N–H and O–H groups in total. The number of aromatic hydroxyl groups is 1. The highest BCUT2D eigenvalue weighted by atomic mass is 32.2. The Kier molecular flexibility index (Phi) is 3.28. The summed E-state index contributed by atoms with van der Waals surface area (Å²) in [5.74, 6) is -1.79. The Hall–Kier alpha value is -1.94. The van der Waals surface area contributed by atoms with Gasteiger partial charge in [-0.2, -0.15) is 4.98 Å². The third kappa shape index (κ3) is 3.29. The molecule has 1 aromatic rings. The number of H-pyrrole nitrogens is 1. The van der Waals surface area contributed by atoms with E-state index in [1.807, 2.05) is 0 Å². The largest absolute Gasteiger partial charge is 0.493 e. The summed E-state index contributed by atoms with van der Waals surface area (Å²) in [5.41, 5.74) is -0.606. The first-order chi connectivity index (χ1) is 8.74. The quantitative estimate of drug-likeness (QED) is 0.593. The molecule has 0 bridgehead atoms. The molecule has 0 saturated carbocycles. The average molecular weight is 288 g/mol. The van der Waals surface area contributed by atoms with Crippen molar-refractivity contribution in [3.8, 4) is 5.88 Å². The van der Waals surface area contributed by atoms with Crippen LogP contribution in [-0.2, 0) is 14.8 Å². The van der Waals surface area contributed by atoms with Gasteiger partial charge in [0.15, 0.2) is 0 Å². The Morgan fingerprint density at radius 1 is 1.53 bits per heavy atom. The number of hydrogen-bond donors (Lipinski definition) is 3. The van der Waals surface area contributed by atoms with Crippen LogP contribution in [-0.4, -0.2) is 41.7 Å². The summed E-state index contributed by atoms with van der Waals surface area (Å²) in [4.78, 5) is 30.0. The lowest BCUT2D eigenvalue weighted by molar-refractivity contribution is -0.117. The number of amides is 1.